The SMILES string of the molecule is Cc1nc(C2(NC(=O)CN(C)S(=O)(=O)c3ccc(Cl)s3)CCCC2)no1. The lowest BCUT2D eigenvalue weighted by molar-refractivity contribution is -0.123. The molecule has 0 aromatic carbocycles. The number of amides is 1. The van der Waals surface area contributed by atoms with Crippen LogP contribution in [0.5, 0.6) is 0 Å². The summed E-state index contributed by atoms with van der Waals surface area (Å²) in [7, 11) is -2.41. The molecule has 142 valence electrons. The van der Waals surface area contributed by atoms with Crippen molar-refractivity contribution < 1.29 is 17.7 Å². The number of carbonyl (C=O) groups excluding carboxylic acids is 1. The van der Waals surface area contributed by atoms with E-state index in [1.54, 1.807) is 6.92 Å². The van der Waals surface area contributed by atoms with Gasteiger partial charge < -0.3 is 9.84 Å². The van der Waals surface area contributed by atoms with Gasteiger partial charge in [0, 0.05) is 14.0 Å². The number of carbonyl (C=O) groups is 1. The fourth-order valence-electron chi connectivity index (χ4n) is 3.06. The minimum absolute atomic E-state index is 0.0992. The van der Waals surface area contributed by atoms with Gasteiger partial charge in [0.05, 0.1) is 10.9 Å². The summed E-state index contributed by atoms with van der Waals surface area (Å²) in [5, 5.41) is 6.88. The minimum atomic E-state index is -3.77. The van der Waals surface area contributed by atoms with E-state index in [1.807, 2.05) is 0 Å². The lowest BCUT2D eigenvalue weighted by Crippen LogP contribution is -2.48. The highest BCUT2D eigenvalue weighted by molar-refractivity contribution is 7.91. The van der Waals surface area contributed by atoms with E-state index in [9.17, 15) is 13.2 Å². The third-order valence-electron chi connectivity index (χ3n) is 4.37. The summed E-state index contributed by atoms with van der Waals surface area (Å²) < 4.78 is 31.6. The van der Waals surface area contributed by atoms with E-state index < -0.39 is 21.5 Å². The van der Waals surface area contributed by atoms with E-state index >= 15 is 0 Å². The van der Waals surface area contributed by atoms with Crippen molar-refractivity contribution in [2.45, 2.75) is 42.4 Å². The Kier molecular flexibility index (Phi) is 5.38. The van der Waals surface area contributed by atoms with Crippen molar-refractivity contribution in [3.63, 3.8) is 0 Å². The molecule has 0 saturated heterocycles. The maximum atomic E-state index is 12.6. The number of hydrogen-bond donors (Lipinski definition) is 1. The first-order valence-electron chi connectivity index (χ1n) is 8.06. The van der Waals surface area contributed by atoms with Crippen LogP contribution in [0.2, 0.25) is 4.34 Å². The Bertz CT molecular complexity index is 902. The summed E-state index contributed by atoms with van der Waals surface area (Å²) in [6, 6.07) is 2.94. The van der Waals surface area contributed by atoms with Crippen molar-refractivity contribution in [1.82, 2.24) is 19.8 Å². The van der Waals surface area contributed by atoms with Gasteiger partial charge in [-0.2, -0.15) is 9.29 Å². The second kappa shape index (κ2) is 7.26. The van der Waals surface area contributed by atoms with Crippen LogP contribution < -0.4 is 5.32 Å². The molecule has 11 heteroatoms. The molecule has 0 radical (unpaired) electrons. The fraction of sp³-hybridized carbons (Fsp3) is 0.533. The smallest absolute Gasteiger partial charge is 0.252 e. The summed E-state index contributed by atoms with van der Waals surface area (Å²) in [4.78, 5) is 16.8. The Morgan fingerprint density at radius 1 is 1.42 bits per heavy atom. The van der Waals surface area contributed by atoms with Gasteiger partial charge in [0.15, 0.2) is 5.82 Å². The molecule has 2 heterocycles. The average Bonchev–Trinajstić information content (AvgIpc) is 3.29. The summed E-state index contributed by atoms with van der Waals surface area (Å²) >= 11 is 6.77. The maximum absolute atomic E-state index is 12.6. The first kappa shape index (κ1) is 19.3. The highest BCUT2D eigenvalue weighted by Gasteiger charge is 2.41. The van der Waals surface area contributed by atoms with Gasteiger partial charge in [-0.3, -0.25) is 4.79 Å². The van der Waals surface area contributed by atoms with Gasteiger partial charge in [-0.1, -0.05) is 29.6 Å². The van der Waals surface area contributed by atoms with Crippen molar-refractivity contribution in [3.05, 3.63) is 28.2 Å². The molecular weight excluding hydrogens is 400 g/mol. The van der Waals surface area contributed by atoms with Crippen LogP contribution in [0.3, 0.4) is 0 Å². The van der Waals surface area contributed by atoms with Crippen LogP contribution in [0.4, 0.5) is 0 Å². The van der Waals surface area contributed by atoms with Crippen LogP contribution in [0, 0.1) is 6.92 Å². The van der Waals surface area contributed by atoms with Crippen LogP contribution in [0.15, 0.2) is 20.9 Å². The highest BCUT2D eigenvalue weighted by Crippen LogP contribution is 2.37. The molecule has 0 spiro atoms. The summed E-state index contributed by atoms with van der Waals surface area (Å²) in [5.74, 6) is 0.453. The zero-order valence-corrected chi connectivity index (χ0v) is 16.7. The average molecular weight is 419 g/mol. The number of thiophene rings is 1. The van der Waals surface area contributed by atoms with Gasteiger partial charge in [-0.15, -0.1) is 11.3 Å². The molecule has 0 bridgehead atoms. The number of halogens is 1. The fourth-order valence-corrected chi connectivity index (χ4v) is 5.88. The largest absolute Gasteiger partial charge is 0.342 e. The van der Waals surface area contributed by atoms with Crippen molar-refractivity contribution in [2.75, 3.05) is 13.6 Å². The van der Waals surface area contributed by atoms with E-state index in [1.165, 1.54) is 19.2 Å². The first-order valence-corrected chi connectivity index (χ1v) is 10.7. The third kappa shape index (κ3) is 3.78. The predicted molar refractivity (Wildman–Crippen MR) is 96.5 cm³/mol. The third-order valence-corrected chi connectivity index (χ3v) is 7.87. The number of aromatic nitrogens is 2. The summed E-state index contributed by atoms with van der Waals surface area (Å²) in [6.45, 7) is 1.38. The Balaban J connectivity index is 1.73. The minimum Gasteiger partial charge on any atom is -0.342 e. The Morgan fingerprint density at radius 3 is 2.65 bits per heavy atom. The second-order valence-corrected chi connectivity index (χ2v) is 10.3. The van der Waals surface area contributed by atoms with Gasteiger partial charge in [0.1, 0.15) is 9.75 Å². The number of aryl methyl sites for hydroxylation is 1. The van der Waals surface area contributed by atoms with E-state index in [4.69, 9.17) is 16.1 Å². The van der Waals surface area contributed by atoms with E-state index in [0.717, 1.165) is 28.5 Å². The standard InChI is InChI=1S/C15H19ClN4O4S2/c1-10-17-14(19-24-10)15(7-3-4-8-15)18-12(21)9-20(2)26(22,23)13-6-5-11(16)25-13/h5-6H,3-4,7-9H2,1-2H3,(H,18,21). The van der Waals surface area contributed by atoms with Gasteiger partial charge in [0.25, 0.3) is 10.0 Å². The van der Waals surface area contributed by atoms with Crippen LogP contribution in [-0.4, -0.2) is 42.4 Å². The first-order chi connectivity index (χ1) is 12.2. The summed E-state index contributed by atoms with van der Waals surface area (Å²) in [5.41, 5.74) is -0.703. The molecule has 2 aromatic heterocycles. The zero-order chi connectivity index (χ0) is 18.9. The molecule has 8 nitrogen and oxygen atoms in total. The number of nitrogens with zero attached hydrogens (tertiary/aromatic N) is 3. The highest BCUT2D eigenvalue weighted by atomic mass is 35.5. The number of rotatable bonds is 6. The predicted octanol–water partition coefficient (Wildman–Crippen LogP) is 2.30. The Morgan fingerprint density at radius 2 is 2.12 bits per heavy atom. The van der Waals surface area contributed by atoms with Crippen LogP contribution in [0.1, 0.15) is 37.4 Å². The molecule has 3 rings (SSSR count). The number of sulfonamides is 1. The number of nitrogens with one attached hydrogen (secondary N) is 1. The molecule has 1 amide bonds. The van der Waals surface area contributed by atoms with Crippen LogP contribution in [0.25, 0.3) is 0 Å². The molecule has 26 heavy (non-hydrogen) atoms. The molecule has 1 aliphatic carbocycles. The van der Waals surface area contributed by atoms with Crippen LogP contribution >= 0.6 is 22.9 Å². The quantitative estimate of drug-likeness (QED) is 0.771. The van der Waals surface area contributed by atoms with Crippen molar-refractivity contribution >= 4 is 38.9 Å². The number of likely N-dealkylation sites (N-methyl/N-ethyl adjacent to an activating group) is 1. The zero-order valence-electron chi connectivity index (χ0n) is 14.4. The van der Waals surface area contributed by atoms with Gasteiger partial charge in [-0.25, -0.2) is 8.42 Å². The molecule has 0 aliphatic heterocycles. The molecule has 1 aliphatic rings. The number of hydrogen-bond acceptors (Lipinski definition) is 7. The lowest BCUT2D eigenvalue weighted by atomic mass is 9.96. The topological polar surface area (TPSA) is 105 Å². The van der Waals surface area contributed by atoms with Gasteiger partial charge in [-0.05, 0) is 25.0 Å². The van der Waals surface area contributed by atoms with Crippen molar-refractivity contribution in [2.24, 2.45) is 0 Å². The monoisotopic (exact) mass is 418 g/mol. The summed E-state index contributed by atoms with van der Waals surface area (Å²) in [6.07, 6.45) is 3.23. The molecule has 0 atom stereocenters. The van der Waals surface area contributed by atoms with Crippen molar-refractivity contribution in [1.29, 1.82) is 0 Å². The Labute approximate surface area is 160 Å². The molecular formula is C15H19ClN4O4S2. The van der Waals surface area contributed by atoms with Gasteiger partial charge in [0.2, 0.25) is 11.8 Å². The molecule has 0 unspecified atom stereocenters. The van der Waals surface area contributed by atoms with Crippen LogP contribution in [-0.2, 0) is 20.4 Å². The van der Waals surface area contributed by atoms with E-state index in [-0.39, 0.29) is 10.8 Å². The maximum Gasteiger partial charge on any atom is 0.252 e. The van der Waals surface area contributed by atoms with Gasteiger partial charge >= 0.3 is 0 Å². The van der Waals surface area contributed by atoms with Crippen molar-refractivity contribution in [3.8, 4) is 0 Å². The normalized spacial score (nSPS) is 16.9. The molecule has 2 aromatic rings. The molecule has 1 saturated carbocycles. The lowest BCUT2D eigenvalue weighted by Gasteiger charge is -2.27. The second-order valence-electron chi connectivity index (χ2n) is 6.29. The Hall–Kier alpha value is -1.49. The van der Waals surface area contributed by atoms with E-state index in [0.29, 0.717) is 28.9 Å². The van der Waals surface area contributed by atoms with E-state index in [2.05, 4.69) is 15.5 Å². The molecule has 1 fully saturated rings. The molecule has 1 N–H and O–H groups in total.